The van der Waals surface area contributed by atoms with Crippen LogP contribution in [0.5, 0.6) is 5.75 Å². The van der Waals surface area contributed by atoms with Gasteiger partial charge >= 0.3 is 0 Å². The van der Waals surface area contributed by atoms with Crippen LogP contribution in [0.4, 0.5) is 5.82 Å². The second-order valence-corrected chi connectivity index (χ2v) is 4.64. The SMILES string of the molecule is COc1c(NC(C)(CN)c2ccccc2)nc[nH]c1=O. The number of hydrogen-bond donors (Lipinski definition) is 3. The van der Waals surface area contributed by atoms with Crippen molar-refractivity contribution < 1.29 is 4.74 Å². The van der Waals surface area contributed by atoms with Crippen molar-refractivity contribution in [2.45, 2.75) is 12.5 Å². The number of anilines is 1. The van der Waals surface area contributed by atoms with Crippen LogP contribution >= 0.6 is 0 Å². The highest BCUT2D eigenvalue weighted by Gasteiger charge is 2.27. The van der Waals surface area contributed by atoms with Crippen LogP contribution in [0.3, 0.4) is 0 Å². The topological polar surface area (TPSA) is 93.0 Å². The summed E-state index contributed by atoms with van der Waals surface area (Å²) in [6.07, 6.45) is 1.33. The van der Waals surface area contributed by atoms with Gasteiger partial charge in [-0.25, -0.2) is 4.98 Å². The third-order valence-electron chi connectivity index (χ3n) is 3.23. The van der Waals surface area contributed by atoms with E-state index in [9.17, 15) is 4.79 Å². The van der Waals surface area contributed by atoms with Crippen LogP contribution in [0, 0.1) is 0 Å². The molecule has 1 aromatic carbocycles. The Morgan fingerprint density at radius 3 is 2.70 bits per heavy atom. The molecule has 1 unspecified atom stereocenters. The molecular weight excluding hydrogens is 256 g/mol. The minimum absolute atomic E-state index is 0.142. The Labute approximate surface area is 117 Å². The van der Waals surface area contributed by atoms with Crippen molar-refractivity contribution in [3.8, 4) is 5.75 Å². The van der Waals surface area contributed by atoms with E-state index >= 15 is 0 Å². The van der Waals surface area contributed by atoms with Crippen LogP contribution < -0.4 is 21.3 Å². The molecule has 1 heterocycles. The number of aromatic amines is 1. The van der Waals surface area contributed by atoms with Crippen molar-refractivity contribution in [2.24, 2.45) is 5.73 Å². The monoisotopic (exact) mass is 274 g/mol. The highest BCUT2D eigenvalue weighted by molar-refractivity contribution is 5.51. The van der Waals surface area contributed by atoms with Gasteiger partial charge in [0.2, 0.25) is 5.75 Å². The summed E-state index contributed by atoms with van der Waals surface area (Å²) in [5.41, 5.74) is 6.02. The minimum Gasteiger partial charge on any atom is -0.489 e. The van der Waals surface area contributed by atoms with Gasteiger partial charge in [-0.2, -0.15) is 0 Å². The minimum atomic E-state index is -0.546. The third kappa shape index (κ3) is 2.65. The molecule has 0 aliphatic rings. The van der Waals surface area contributed by atoms with Gasteiger partial charge in [-0.05, 0) is 12.5 Å². The van der Waals surface area contributed by atoms with E-state index in [1.54, 1.807) is 0 Å². The average molecular weight is 274 g/mol. The van der Waals surface area contributed by atoms with E-state index in [2.05, 4.69) is 15.3 Å². The highest BCUT2D eigenvalue weighted by Crippen LogP contribution is 2.27. The maximum Gasteiger partial charge on any atom is 0.295 e. The Kier molecular flexibility index (Phi) is 4.05. The molecule has 0 radical (unpaired) electrons. The summed E-state index contributed by atoms with van der Waals surface area (Å²) >= 11 is 0. The van der Waals surface area contributed by atoms with Gasteiger partial charge < -0.3 is 20.8 Å². The molecule has 1 atom stereocenters. The van der Waals surface area contributed by atoms with Gasteiger partial charge in [0.1, 0.15) is 0 Å². The molecule has 4 N–H and O–H groups in total. The second-order valence-electron chi connectivity index (χ2n) is 4.64. The fraction of sp³-hybridized carbons (Fsp3) is 0.286. The molecule has 106 valence electrons. The molecule has 6 nitrogen and oxygen atoms in total. The summed E-state index contributed by atoms with van der Waals surface area (Å²) in [6.45, 7) is 2.29. The number of benzene rings is 1. The summed E-state index contributed by atoms with van der Waals surface area (Å²) < 4.78 is 5.09. The van der Waals surface area contributed by atoms with E-state index in [4.69, 9.17) is 10.5 Å². The van der Waals surface area contributed by atoms with Crippen LogP contribution in [0.1, 0.15) is 12.5 Å². The van der Waals surface area contributed by atoms with Crippen LogP contribution in [0.15, 0.2) is 41.5 Å². The van der Waals surface area contributed by atoms with Crippen LogP contribution in [-0.2, 0) is 5.54 Å². The zero-order valence-electron chi connectivity index (χ0n) is 11.5. The zero-order valence-corrected chi connectivity index (χ0v) is 11.5. The third-order valence-corrected chi connectivity index (χ3v) is 3.23. The maximum absolute atomic E-state index is 11.7. The average Bonchev–Trinajstić information content (AvgIpc) is 2.48. The first-order valence-electron chi connectivity index (χ1n) is 6.26. The summed E-state index contributed by atoms with van der Waals surface area (Å²) in [5, 5.41) is 3.20. The fourth-order valence-electron chi connectivity index (χ4n) is 1.97. The molecule has 0 aliphatic carbocycles. The number of methoxy groups -OCH3 is 1. The van der Waals surface area contributed by atoms with Gasteiger partial charge in [0.15, 0.2) is 5.82 Å². The molecule has 20 heavy (non-hydrogen) atoms. The van der Waals surface area contributed by atoms with Crippen molar-refractivity contribution in [3.63, 3.8) is 0 Å². The first-order valence-corrected chi connectivity index (χ1v) is 6.26. The van der Waals surface area contributed by atoms with E-state index in [1.807, 2.05) is 37.3 Å². The number of nitrogens with one attached hydrogen (secondary N) is 2. The Hall–Kier alpha value is -2.34. The Morgan fingerprint density at radius 2 is 2.10 bits per heavy atom. The molecule has 0 aliphatic heterocycles. The zero-order chi connectivity index (χ0) is 14.6. The van der Waals surface area contributed by atoms with Gasteiger partial charge in [0, 0.05) is 6.54 Å². The molecular formula is C14H18N4O2. The molecule has 0 saturated heterocycles. The summed E-state index contributed by atoms with van der Waals surface area (Å²) in [5.74, 6) is 0.510. The van der Waals surface area contributed by atoms with Crippen molar-refractivity contribution in [2.75, 3.05) is 19.0 Å². The Bertz CT molecular complexity index is 627. The normalized spacial score (nSPS) is 13.6. The first-order chi connectivity index (χ1) is 9.60. The lowest BCUT2D eigenvalue weighted by molar-refractivity contribution is 0.405. The van der Waals surface area contributed by atoms with E-state index in [1.165, 1.54) is 13.4 Å². The number of hydrogen-bond acceptors (Lipinski definition) is 5. The van der Waals surface area contributed by atoms with Gasteiger partial charge in [0.05, 0.1) is 19.0 Å². The van der Waals surface area contributed by atoms with Gasteiger partial charge in [-0.1, -0.05) is 30.3 Å². The fourth-order valence-corrected chi connectivity index (χ4v) is 1.97. The van der Waals surface area contributed by atoms with Gasteiger partial charge in [-0.15, -0.1) is 0 Å². The van der Waals surface area contributed by atoms with Gasteiger partial charge in [-0.3, -0.25) is 4.79 Å². The molecule has 0 amide bonds. The van der Waals surface area contributed by atoms with E-state index in [0.29, 0.717) is 12.4 Å². The number of H-pyrrole nitrogens is 1. The molecule has 2 aromatic rings. The van der Waals surface area contributed by atoms with Crippen molar-refractivity contribution in [1.82, 2.24) is 9.97 Å². The molecule has 1 aromatic heterocycles. The Morgan fingerprint density at radius 1 is 1.40 bits per heavy atom. The second kappa shape index (κ2) is 5.75. The largest absolute Gasteiger partial charge is 0.489 e. The summed E-state index contributed by atoms with van der Waals surface area (Å²) in [6, 6.07) is 9.76. The lowest BCUT2D eigenvalue weighted by Crippen LogP contribution is -2.40. The molecule has 2 rings (SSSR count). The molecule has 0 saturated carbocycles. The molecule has 0 fully saturated rings. The lowest BCUT2D eigenvalue weighted by atomic mass is 9.92. The Balaban J connectivity index is 2.41. The lowest BCUT2D eigenvalue weighted by Gasteiger charge is -2.30. The van der Waals surface area contributed by atoms with E-state index in [-0.39, 0.29) is 11.3 Å². The van der Waals surface area contributed by atoms with Crippen LogP contribution in [0.2, 0.25) is 0 Å². The smallest absolute Gasteiger partial charge is 0.295 e. The standard InChI is InChI=1S/C14H18N4O2/c1-14(8-15,10-6-4-3-5-7-10)18-12-11(20-2)13(19)17-9-16-12/h3-7,9H,8,15H2,1-2H3,(H2,16,17,18,19). The number of aromatic nitrogens is 2. The number of nitrogens with two attached hydrogens (primary N) is 1. The molecule has 0 bridgehead atoms. The summed E-state index contributed by atoms with van der Waals surface area (Å²) in [4.78, 5) is 18.3. The number of rotatable bonds is 5. The quantitative estimate of drug-likeness (QED) is 0.758. The maximum atomic E-state index is 11.7. The molecule has 0 spiro atoms. The summed E-state index contributed by atoms with van der Waals surface area (Å²) in [7, 11) is 1.43. The van der Waals surface area contributed by atoms with Crippen LogP contribution in [-0.4, -0.2) is 23.6 Å². The number of nitrogens with zero attached hydrogens (tertiary/aromatic N) is 1. The first kappa shape index (κ1) is 14.1. The van der Waals surface area contributed by atoms with Crippen molar-refractivity contribution in [1.29, 1.82) is 0 Å². The molecule has 6 heteroatoms. The van der Waals surface area contributed by atoms with Crippen molar-refractivity contribution >= 4 is 5.82 Å². The predicted molar refractivity (Wildman–Crippen MR) is 77.9 cm³/mol. The highest BCUT2D eigenvalue weighted by atomic mass is 16.5. The van der Waals surface area contributed by atoms with E-state index < -0.39 is 5.54 Å². The predicted octanol–water partition coefficient (Wildman–Crippen LogP) is 1.06. The van der Waals surface area contributed by atoms with E-state index in [0.717, 1.165) is 5.56 Å². The van der Waals surface area contributed by atoms with Crippen molar-refractivity contribution in [3.05, 3.63) is 52.6 Å². The van der Waals surface area contributed by atoms with Crippen LogP contribution in [0.25, 0.3) is 0 Å². The van der Waals surface area contributed by atoms with Gasteiger partial charge in [0.25, 0.3) is 5.56 Å². The number of ether oxygens (including phenoxy) is 1.